The standard InChI is InChI=1S/C14H16N4O2/c1-10(13(19)17-11-6-4-3-5-7-11)16-14-15-9-8-12(18-14)20-2/h3-10H,1-2H3,(H,17,19)(H,15,16,18). The van der Waals surface area contributed by atoms with Crippen molar-refractivity contribution >= 4 is 17.5 Å². The highest BCUT2D eigenvalue weighted by Crippen LogP contribution is 2.10. The normalized spacial score (nSPS) is 11.5. The number of methoxy groups -OCH3 is 1. The third kappa shape index (κ3) is 3.68. The molecule has 1 unspecified atom stereocenters. The third-order valence-electron chi connectivity index (χ3n) is 2.62. The number of amides is 1. The van der Waals surface area contributed by atoms with Crippen molar-refractivity contribution in [3.05, 3.63) is 42.6 Å². The molecule has 2 rings (SSSR count). The predicted molar refractivity (Wildman–Crippen MR) is 76.7 cm³/mol. The molecule has 6 heteroatoms. The summed E-state index contributed by atoms with van der Waals surface area (Å²) in [5, 5.41) is 5.72. The fourth-order valence-corrected chi connectivity index (χ4v) is 1.56. The van der Waals surface area contributed by atoms with Crippen LogP contribution in [0.1, 0.15) is 6.92 Å². The molecule has 0 fully saturated rings. The van der Waals surface area contributed by atoms with Gasteiger partial charge in [-0.05, 0) is 19.1 Å². The molecule has 1 aromatic heterocycles. The fraction of sp³-hybridized carbons (Fsp3) is 0.214. The molecule has 0 spiro atoms. The zero-order chi connectivity index (χ0) is 14.4. The number of carbonyl (C=O) groups is 1. The lowest BCUT2D eigenvalue weighted by Crippen LogP contribution is -2.32. The summed E-state index contributed by atoms with van der Waals surface area (Å²) in [6.07, 6.45) is 1.57. The number of hydrogen-bond donors (Lipinski definition) is 2. The van der Waals surface area contributed by atoms with Gasteiger partial charge in [0.1, 0.15) is 6.04 Å². The Morgan fingerprint density at radius 3 is 2.70 bits per heavy atom. The average molecular weight is 272 g/mol. The average Bonchev–Trinajstić information content (AvgIpc) is 2.48. The Morgan fingerprint density at radius 2 is 2.00 bits per heavy atom. The first-order chi connectivity index (χ1) is 9.69. The van der Waals surface area contributed by atoms with Crippen LogP contribution < -0.4 is 15.4 Å². The van der Waals surface area contributed by atoms with Crippen molar-refractivity contribution in [2.45, 2.75) is 13.0 Å². The smallest absolute Gasteiger partial charge is 0.246 e. The highest BCUT2D eigenvalue weighted by atomic mass is 16.5. The minimum absolute atomic E-state index is 0.164. The molecule has 0 aliphatic heterocycles. The third-order valence-corrected chi connectivity index (χ3v) is 2.62. The summed E-state index contributed by atoms with van der Waals surface area (Å²) >= 11 is 0. The molecule has 0 radical (unpaired) electrons. The van der Waals surface area contributed by atoms with Gasteiger partial charge in [-0.25, -0.2) is 4.98 Å². The highest BCUT2D eigenvalue weighted by molar-refractivity contribution is 5.95. The van der Waals surface area contributed by atoms with Gasteiger partial charge >= 0.3 is 0 Å². The van der Waals surface area contributed by atoms with Crippen LogP contribution in [0.4, 0.5) is 11.6 Å². The van der Waals surface area contributed by atoms with Gasteiger partial charge in [-0.2, -0.15) is 4.98 Å². The Bertz CT molecular complexity index is 574. The molecule has 0 aliphatic carbocycles. The van der Waals surface area contributed by atoms with Gasteiger partial charge in [0.15, 0.2) is 0 Å². The SMILES string of the molecule is COc1ccnc(NC(C)C(=O)Nc2ccccc2)n1. The second-order valence-electron chi connectivity index (χ2n) is 4.14. The molecule has 0 saturated heterocycles. The molecule has 1 aromatic carbocycles. The van der Waals surface area contributed by atoms with Crippen molar-refractivity contribution in [2.75, 3.05) is 17.7 Å². The van der Waals surface area contributed by atoms with E-state index in [0.29, 0.717) is 11.8 Å². The van der Waals surface area contributed by atoms with E-state index in [1.165, 1.54) is 7.11 Å². The maximum atomic E-state index is 12.0. The van der Waals surface area contributed by atoms with Gasteiger partial charge in [0.25, 0.3) is 0 Å². The molecular formula is C14H16N4O2. The number of hydrogen-bond acceptors (Lipinski definition) is 5. The van der Waals surface area contributed by atoms with Crippen LogP contribution in [0.15, 0.2) is 42.6 Å². The van der Waals surface area contributed by atoms with Crippen LogP contribution in [0.25, 0.3) is 0 Å². The Kier molecular flexibility index (Phi) is 4.49. The van der Waals surface area contributed by atoms with Crippen molar-refractivity contribution in [3.63, 3.8) is 0 Å². The minimum atomic E-state index is -0.470. The van der Waals surface area contributed by atoms with E-state index in [0.717, 1.165) is 5.69 Å². The van der Waals surface area contributed by atoms with Crippen molar-refractivity contribution in [1.82, 2.24) is 9.97 Å². The van der Waals surface area contributed by atoms with E-state index in [1.54, 1.807) is 19.2 Å². The summed E-state index contributed by atoms with van der Waals surface area (Å²) in [5.74, 6) is 0.626. The van der Waals surface area contributed by atoms with Gasteiger partial charge in [-0.3, -0.25) is 4.79 Å². The van der Waals surface area contributed by atoms with Crippen LogP contribution >= 0.6 is 0 Å². The van der Waals surface area contributed by atoms with E-state index in [1.807, 2.05) is 30.3 Å². The summed E-state index contributed by atoms with van der Waals surface area (Å²) in [5.41, 5.74) is 0.748. The Morgan fingerprint density at radius 1 is 1.25 bits per heavy atom. The van der Waals surface area contributed by atoms with E-state index in [-0.39, 0.29) is 5.91 Å². The molecule has 104 valence electrons. The zero-order valence-electron chi connectivity index (χ0n) is 11.3. The first kappa shape index (κ1) is 13.8. The molecule has 2 N–H and O–H groups in total. The van der Waals surface area contributed by atoms with Crippen molar-refractivity contribution in [2.24, 2.45) is 0 Å². The number of nitrogens with one attached hydrogen (secondary N) is 2. The van der Waals surface area contributed by atoms with E-state index >= 15 is 0 Å². The number of benzene rings is 1. The van der Waals surface area contributed by atoms with Gasteiger partial charge in [-0.1, -0.05) is 18.2 Å². The summed E-state index contributed by atoms with van der Waals surface area (Å²) in [6, 6.07) is 10.4. The van der Waals surface area contributed by atoms with Crippen molar-refractivity contribution in [3.8, 4) is 5.88 Å². The first-order valence-electron chi connectivity index (χ1n) is 6.18. The monoisotopic (exact) mass is 272 g/mol. The number of ether oxygens (including phenoxy) is 1. The first-order valence-corrected chi connectivity index (χ1v) is 6.18. The second kappa shape index (κ2) is 6.51. The lowest BCUT2D eigenvalue weighted by atomic mass is 10.2. The summed E-state index contributed by atoms with van der Waals surface area (Å²) in [6.45, 7) is 1.74. The van der Waals surface area contributed by atoms with Crippen LogP contribution in [-0.4, -0.2) is 29.0 Å². The maximum absolute atomic E-state index is 12.0. The van der Waals surface area contributed by atoms with Crippen molar-refractivity contribution in [1.29, 1.82) is 0 Å². The van der Waals surface area contributed by atoms with Crippen molar-refractivity contribution < 1.29 is 9.53 Å². The Hall–Kier alpha value is -2.63. The molecule has 1 amide bonds. The predicted octanol–water partition coefficient (Wildman–Crippen LogP) is 1.92. The van der Waals surface area contributed by atoms with Crippen LogP contribution in [0.5, 0.6) is 5.88 Å². The topological polar surface area (TPSA) is 76.1 Å². The molecular weight excluding hydrogens is 256 g/mol. The van der Waals surface area contributed by atoms with Gasteiger partial charge < -0.3 is 15.4 Å². The summed E-state index contributed by atoms with van der Waals surface area (Å²) < 4.78 is 5.00. The molecule has 20 heavy (non-hydrogen) atoms. The Balaban J connectivity index is 1.97. The molecule has 1 heterocycles. The molecule has 6 nitrogen and oxygen atoms in total. The van der Waals surface area contributed by atoms with Gasteiger partial charge in [0.05, 0.1) is 7.11 Å². The van der Waals surface area contributed by atoms with Gasteiger partial charge in [0, 0.05) is 18.0 Å². The number of aromatic nitrogens is 2. The minimum Gasteiger partial charge on any atom is -0.481 e. The molecule has 0 aliphatic rings. The van der Waals surface area contributed by atoms with Crippen LogP contribution in [0, 0.1) is 0 Å². The number of nitrogens with zero attached hydrogens (tertiary/aromatic N) is 2. The van der Waals surface area contributed by atoms with Crippen LogP contribution in [-0.2, 0) is 4.79 Å². The van der Waals surface area contributed by atoms with E-state index in [2.05, 4.69) is 20.6 Å². The number of anilines is 2. The summed E-state index contributed by atoms with van der Waals surface area (Å²) in [7, 11) is 1.53. The molecule has 0 saturated carbocycles. The number of rotatable bonds is 5. The number of para-hydroxylation sites is 1. The number of carbonyl (C=O) groups excluding carboxylic acids is 1. The van der Waals surface area contributed by atoms with Crippen LogP contribution in [0.3, 0.4) is 0 Å². The quantitative estimate of drug-likeness (QED) is 0.869. The van der Waals surface area contributed by atoms with E-state index in [4.69, 9.17) is 4.74 Å². The molecule has 2 aromatic rings. The van der Waals surface area contributed by atoms with Gasteiger partial charge in [0.2, 0.25) is 17.7 Å². The summed E-state index contributed by atoms with van der Waals surface area (Å²) in [4.78, 5) is 20.1. The largest absolute Gasteiger partial charge is 0.481 e. The van der Waals surface area contributed by atoms with Gasteiger partial charge in [-0.15, -0.1) is 0 Å². The maximum Gasteiger partial charge on any atom is 0.246 e. The van der Waals surface area contributed by atoms with Crippen LogP contribution in [0.2, 0.25) is 0 Å². The fourth-order valence-electron chi connectivity index (χ4n) is 1.56. The lowest BCUT2D eigenvalue weighted by molar-refractivity contribution is -0.116. The molecule has 0 bridgehead atoms. The highest BCUT2D eigenvalue weighted by Gasteiger charge is 2.14. The lowest BCUT2D eigenvalue weighted by Gasteiger charge is -2.14. The van der Waals surface area contributed by atoms with E-state index < -0.39 is 6.04 Å². The molecule has 1 atom stereocenters. The zero-order valence-corrected chi connectivity index (χ0v) is 11.3. The van der Waals surface area contributed by atoms with E-state index in [9.17, 15) is 4.79 Å². The second-order valence-corrected chi connectivity index (χ2v) is 4.14. The Labute approximate surface area is 117 Å².